The molecule has 0 bridgehead atoms. The molecule has 6 nitrogen and oxygen atoms in total. The van der Waals surface area contributed by atoms with E-state index in [0.29, 0.717) is 19.0 Å². The molecule has 0 aliphatic heterocycles. The van der Waals surface area contributed by atoms with Gasteiger partial charge >= 0.3 is 0 Å². The van der Waals surface area contributed by atoms with Gasteiger partial charge in [0.2, 0.25) is 0 Å². The first-order valence-corrected chi connectivity index (χ1v) is 7.10. The summed E-state index contributed by atoms with van der Waals surface area (Å²) in [6, 6.07) is 0. The highest BCUT2D eigenvalue weighted by atomic mass is 35.5. The molecule has 1 aromatic heterocycles. The summed E-state index contributed by atoms with van der Waals surface area (Å²) in [6.45, 7) is 5.85. The predicted molar refractivity (Wildman–Crippen MR) is 73.4 cm³/mol. The van der Waals surface area contributed by atoms with Gasteiger partial charge in [0.25, 0.3) is 10.0 Å². The van der Waals surface area contributed by atoms with Gasteiger partial charge in [-0.25, -0.2) is 18.1 Å². The van der Waals surface area contributed by atoms with Crippen molar-refractivity contribution in [3.8, 4) is 0 Å². The fraction of sp³-hybridized carbons (Fsp3) is 0.700. The molecule has 1 rings (SSSR count). The molecule has 0 spiro atoms. The average molecular weight is 297 g/mol. The van der Waals surface area contributed by atoms with Crippen LogP contribution in [0.15, 0.2) is 17.6 Å². The molecule has 0 aliphatic carbocycles. The molecule has 0 radical (unpaired) electrons. The molecule has 0 aromatic carbocycles. The zero-order valence-corrected chi connectivity index (χ0v) is 12.5. The van der Waals surface area contributed by atoms with Crippen molar-refractivity contribution in [2.24, 2.45) is 5.92 Å². The molecule has 1 heterocycles. The maximum atomic E-state index is 11.8. The van der Waals surface area contributed by atoms with E-state index in [1.54, 1.807) is 24.1 Å². The maximum Gasteiger partial charge on any atom is 0.259 e. The summed E-state index contributed by atoms with van der Waals surface area (Å²) >= 11 is 0. The van der Waals surface area contributed by atoms with Crippen LogP contribution < -0.4 is 10.0 Å². The first-order chi connectivity index (χ1) is 7.95. The zero-order valence-electron chi connectivity index (χ0n) is 10.9. The highest BCUT2D eigenvalue weighted by Crippen LogP contribution is 2.06. The number of aromatic nitrogens is 2. The summed E-state index contributed by atoms with van der Waals surface area (Å²) in [5.74, 6) is 0.456. The highest BCUT2D eigenvalue weighted by Gasteiger charge is 2.16. The number of halogens is 1. The lowest BCUT2D eigenvalue weighted by molar-refractivity contribution is 0.521. The predicted octanol–water partition coefficient (Wildman–Crippen LogP) is 0.459. The zero-order chi connectivity index (χ0) is 12.9. The van der Waals surface area contributed by atoms with E-state index in [4.69, 9.17) is 0 Å². The topological polar surface area (TPSA) is 76.0 Å². The molecule has 0 aliphatic rings. The van der Waals surface area contributed by atoms with Gasteiger partial charge in [0.15, 0.2) is 5.03 Å². The van der Waals surface area contributed by atoms with Crippen molar-refractivity contribution in [1.29, 1.82) is 0 Å². The molecule has 0 saturated carbocycles. The summed E-state index contributed by atoms with van der Waals surface area (Å²) < 4.78 is 27.8. The van der Waals surface area contributed by atoms with Crippen LogP contribution in [0.3, 0.4) is 0 Å². The van der Waals surface area contributed by atoms with Crippen LogP contribution >= 0.6 is 12.4 Å². The number of hydrogen-bond acceptors (Lipinski definition) is 4. The van der Waals surface area contributed by atoms with Gasteiger partial charge in [0.05, 0.1) is 6.33 Å². The number of nitrogens with zero attached hydrogens (tertiary/aromatic N) is 2. The Morgan fingerprint density at radius 2 is 2.06 bits per heavy atom. The highest BCUT2D eigenvalue weighted by molar-refractivity contribution is 7.89. The van der Waals surface area contributed by atoms with Gasteiger partial charge in [0.1, 0.15) is 0 Å². The standard InChI is InChI=1S/C10H20N4O2S.ClH/c1-9(2)6-14-7-10(12-8-14)17(15,16)13-5-4-11-3;/h7-9,11,13H,4-6H2,1-3H3;1H. The van der Waals surface area contributed by atoms with Crippen LogP contribution in [0.1, 0.15) is 13.8 Å². The van der Waals surface area contributed by atoms with Crippen LogP contribution in [0.2, 0.25) is 0 Å². The second-order valence-corrected chi connectivity index (χ2v) is 6.02. The van der Waals surface area contributed by atoms with Gasteiger partial charge < -0.3 is 9.88 Å². The first-order valence-electron chi connectivity index (χ1n) is 5.61. The van der Waals surface area contributed by atoms with Crippen molar-refractivity contribution in [1.82, 2.24) is 19.6 Å². The molecule has 0 fully saturated rings. The Kier molecular flexibility index (Phi) is 7.46. The summed E-state index contributed by atoms with van der Waals surface area (Å²) in [5, 5.41) is 2.95. The summed E-state index contributed by atoms with van der Waals surface area (Å²) in [7, 11) is -1.70. The summed E-state index contributed by atoms with van der Waals surface area (Å²) in [4.78, 5) is 3.91. The molecular formula is C10H21ClN4O2S. The lowest BCUT2D eigenvalue weighted by atomic mass is 10.2. The van der Waals surface area contributed by atoms with Gasteiger partial charge in [-0.05, 0) is 13.0 Å². The molecule has 0 saturated heterocycles. The Morgan fingerprint density at radius 3 is 2.61 bits per heavy atom. The molecule has 8 heteroatoms. The second-order valence-electron chi connectivity index (χ2n) is 4.30. The quantitative estimate of drug-likeness (QED) is 0.717. The fourth-order valence-electron chi connectivity index (χ4n) is 1.38. The number of rotatable bonds is 7. The molecular weight excluding hydrogens is 276 g/mol. The molecule has 0 amide bonds. The third-order valence-corrected chi connectivity index (χ3v) is 3.47. The Hall–Kier alpha value is -0.630. The van der Waals surface area contributed by atoms with Gasteiger partial charge in [-0.15, -0.1) is 12.4 Å². The minimum Gasteiger partial charge on any atom is -0.336 e. The van der Waals surface area contributed by atoms with E-state index in [9.17, 15) is 8.42 Å². The lowest BCUT2D eigenvalue weighted by Gasteiger charge is -2.05. The number of sulfonamides is 1. The van der Waals surface area contributed by atoms with E-state index in [2.05, 4.69) is 28.9 Å². The molecule has 106 valence electrons. The van der Waals surface area contributed by atoms with Crippen molar-refractivity contribution in [2.45, 2.75) is 25.4 Å². The van der Waals surface area contributed by atoms with E-state index in [1.165, 1.54) is 0 Å². The van der Waals surface area contributed by atoms with E-state index in [-0.39, 0.29) is 17.4 Å². The van der Waals surface area contributed by atoms with Crippen LogP contribution in [0.5, 0.6) is 0 Å². The van der Waals surface area contributed by atoms with Crippen LogP contribution in [0.25, 0.3) is 0 Å². The molecule has 2 N–H and O–H groups in total. The fourth-order valence-corrected chi connectivity index (χ4v) is 2.36. The average Bonchev–Trinajstić information content (AvgIpc) is 2.66. The van der Waals surface area contributed by atoms with Crippen LogP contribution in [-0.2, 0) is 16.6 Å². The molecule has 18 heavy (non-hydrogen) atoms. The van der Waals surface area contributed by atoms with Crippen LogP contribution in [0.4, 0.5) is 0 Å². The molecule has 1 aromatic rings. The van der Waals surface area contributed by atoms with Crippen molar-refractivity contribution in [3.05, 3.63) is 12.5 Å². The van der Waals surface area contributed by atoms with Gasteiger partial charge in [-0.1, -0.05) is 13.8 Å². The van der Waals surface area contributed by atoms with Crippen molar-refractivity contribution in [3.63, 3.8) is 0 Å². The smallest absolute Gasteiger partial charge is 0.259 e. The van der Waals surface area contributed by atoms with Gasteiger partial charge in [-0.3, -0.25) is 0 Å². The maximum absolute atomic E-state index is 11.8. The Balaban J connectivity index is 0.00000289. The monoisotopic (exact) mass is 296 g/mol. The molecule has 0 unspecified atom stereocenters. The third-order valence-electron chi connectivity index (χ3n) is 2.13. The number of likely N-dealkylation sites (N-methyl/N-ethyl adjacent to an activating group) is 1. The summed E-state index contributed by atoms with van der Waals surface area (Å²) in [5.41, 5.74) is 0. The van der Waals surface area contributed by atoms with Crippen LogP contribution in [0, 0.1) is 5.92 Å². The minimum absolute atomic E-state index is 0. The number of hydrogen-bond donors (Lipinski definition) is 2. The first kappa shape index (κ1) is 17.4. The van der Waals surface area contributed by atoms with Crippen molar-refractivity contribution >= 4 is 22.4 Å². The van der Waals surface area contributed by atoms with Gasteiger partial charge in [-0.2, -0.15) is 0 Å². The van der Waals surface area contributed by atoms with E-state index in [0.717, 1.165) is 6.54 Å². The van der Waals surface area contributed by atoms with E-state index in [1.807, 2.05) is 0 Å². The number of imidazole rings is 1. The van der Waals surface area contributed by atoms with Crippen LogP contribution in [-0.4, -0.2) is 38.1 Å². The van der Waals surface area contributed by atoms with Gasteiger partial charge in [0, 0.05) is 25.8 Å². The van der Waals surface area contributed by atoms with Crippen molar-refractivity contribution < 1.29 is 8.42 Å². The Bertz CT molecular complexity index is 444. The minimum atomic E-state index is -3.47. The lowest BCUT2D eigenvalue weighted by Crippen LogP contribution is -2.30. The summed E-state index contributed by atoms with van der Waals surface area (Å²) in [6.07, 6.45) is 3.11. The Morgan fingerprint density at radius 1 is 1.39 bits per heavy atom. The largest absolute Gasteiger partial charge is 0.336 e. The van der Waals surface area contributed by atoms with Crippen molar-refractivity contribution in [2.75, 3.05) is 20.1 Å². The Labute approximate surface area is 115 Å². The SMILES string of the molecule is CNCCNS(=O)(=O)c1cn(CC(C)C)cn1.Cl. The third kappa shape index (κ3) is 5.34. The number of nitrogens with one attached hydrogen (secondary N) is 2. The normalized spacial score (nSPS) is 11.6. The molecule has 0 atom stereocenters. The van der Waals surface area contributed by atoms with E-state index < -0.39 is 10.0 Å². The van der Waals surface area contributed by atoms with E-state index >= 15 is 0 Å². The second kappa shape index (κ2) is 7.73.